The zero-order valence-electron chi connectivity index (χ0n) is 6.26. The molecule has 0 saturated carbocycles. The topological polar surface area (TPSA) is 61.8 Å². The number of benzene rings is 1. The van der Waals surface area contributed by atoms with Gasteiger partial charge in [0, 0.05) is 7.05 Å². The van der Waals surface area contributed by atoms with Crippen LogP contribution in [0.4, 0.5) is 11.4 Å². The smallest absolute Gasteiger partial charge is 0.0992 e. The second-order valence-corrected chi connectivity index (χ2v) is 2.16. The van der Waals surface area contributed by atoms with Gasteiger partial charge in [-0.05, 0) is 18.2 Å². The molecule has 0 aromatic heterocycles. The van der Waals surface area contributed by atoms with E-state index in [1.54, 1.807) is 25.2 Å². The molecule has 0 saturated heterocycles. The molecule has 56 valence electrons. The number of nitrogens with one attached hydrogen (secondary N) is 1. The summed E-state index contributed by atoms with van der Waals surface area (Å²) < 4.78 is 0. The predicted molar refractivity (Wildman–Crippen MR) is 45.1 cm³/mol. The summed E-state index contributed by atoms with van der Waals surface area (Å²) in [5.74, 6) is 0. The first-order valence-electron chi connectivity index (χ1n) is 3.25. The molecule has 3 N–H and O–H groups in total. The molecule has 11 heavy (non-hydrogen) atoms. The molecule has 3 nitrogen and oxygen atoms in total. The van der Waals surface area contributed by atoms with Crippen molar-refractivity contribution in [3.63, 3.8) is 0 Å². The van der Waals surface area contributed by atoms with E-state index in [4.69, 9.17) is 11.0 Å². The summed E-state index contributed by atoms with van der Waals surface area (Å²) in [5, 5.41) is 11.4. The lowest BCUT2D eigenvalue weighted by molar-refractivity contribution is 1.46. The molecule has 1 rings (SSSR count). The third-order valence-electron chi connectivity index (χ3n) is 1.45. The third kappa shape index (κ3) is 1.41. The Morgan fingerprint density at radius 1 is 1.55 bits per heavy atom. The Morgan fingerprint density at radius 2 is 2.27 bits per heavy atom. The Balaban J connectivity index is 3.15. The molecule has 0 unspecified atom stereocenters. The Kier molecular flexibility index (Phi) is 1.98. The second kappa shape index (κ2) is 2.93. The van der Waals surface area contributed by atoms with E-state index in [1.807, 2.05) is 6.07 Å². The van der Waals surface area contributed by atoms with Gasteiger partial charge in [-0.3, -0.25) is 0 Å². The van der Waals surface area contributed by atoms with Crippen LogP contribution in [-0.4, -0.2) is 7.05 Å². The monoisotopic (exact) mass is 147 g/mol. The zero-order chi connectivity index (χ0) is 8.27. The molecular weight excluding hydrogens is 138 g/mol. The molecule has 0 aliphatic carbocycles. The average molecular weight is 147 g/mol. The van der Waals surface area contributed by atoms with Crippen molar-refractivity contribution in [2.24, 2.45) is 0 Å². The fourth-order valence-electron chi connectivity index (χ4n) is 0.842. The van der Waals surface area contributed by atoms with Crippen LogP contribution in [-0.2, 0) is 0 Å². The van der Waals surface area contributed by atoms with Gasteiger partial charge in [-0.2, -0.15) is 5.26 Å². The first kappa shape index (κ1) is 7.42. The maximum Gasteiger partial charge on any atom is 0.0992 e. The third-order valence-corrected chi connectivity index (χ3v) is 1.45. The van der Waals surface area contributed by atoms with Gasteiger partial charge >= 0.3 is 0 Å². The summed E-state index contributed by atoms with van der Waals surface area (Å²) in [7, 11) is 1.77. The van der Waals surface area contributed by atoms with Crippen LogP contribution in [0.5, 0.6) is 0 Å². The van der Waals surface area contributed by atoms with Crippen molar-refractivity contribution >= 4 is 11.4 Å². The van der Waals surface area contributed by atoms with Crippen molar-refractivity contribution < 1.29 is 0 Å². The van der Waals surface area contributed by atoms with E-state index in [9.17, 15) is 0 Å². The lowest BCUT2D eigenvalue weighted by Gasteiger charge is -2.03. The highest BCUT2D eigenvalue weighted by molar-refractivity contribution is 5.67. The number of nitrogen functional groups attached to an aromatic ring is 1. The van der Waals surface area contributed by atoms with E-state index >= 15 is 0 Å². The number of anilines is 2. The first-order valence-corrected chi connectivity index (χ1v) is 3.25. The second-order valence-electron chi connectivity index (χ2n) is 2.16. The highest BCUT2D eigenvalue weighted by Crippen LogP contribution is 2.18. The van der Waals surface area contributed by atoms with Gasteiger partial charge in [0.25, 0.3) is 0 Å². The van der Waals surface area contributed by atoms with E-state index in [1.165, 1.54) is 0 Å². The average Bonchev–Trinajstić information content (AvgIpc) is 2.05. The molecule has 0 fully saturated rings. The van der Waals surface area contributed by atoms with E-state index in [2.05, 4.69) is 5.32 Å². The minimum Gasteiger partial charge on any atom is -0.397 e. The summed E-state index contributed by atoms with van der Waals surface area (Å²) in [6, 6.07) is 7.15. The molecule has 3 heteroatoms. The summed E-state index contributed by atoms with van der Waals surface area (Å²) in [6.45, 7) is 0. The molecule has 0 aliphatic heterocycles. The molecular formula is C8H9N3. The molecule has 0 spiro atoms. The minimum absolute atomic E-state index is 0.614. The number of rotatable bonds is 1. The van der Waals surface area contributed by atoms with Gasteiger partial charge in [0.05, 0.1) is 23.0 Å². The largest absolute Gasteiger partial charge is 0.397 e. The van der Waals surface area contributed by atoms with Crippen LogP contribution in [0.25, 0.3) is 0 Å². The van der Waals surface area contributed by atoms with Crippen molar-refractivity contribution in [2.45, 2.75) is 0 Å². The fourth-order valence-corrected chi connectivity index (χ4v) is 0.842. The van der Waals surface area contributed by atoms with Gasteiger partial charge in [-0.1, -0.05) is 0 Å². The maximum absolute atomic E-state index is 8.53. The highest BCUT2D eigenvalue weighted by atomic mass is 14.8. The summed E-state index contributed by atoms with van der Waals surface area (Å²) in [5.41, 5.74) is 7.65. The first-order chi connectivity index (χ1) is 5.27. The predicted octanol–water partition coefficient (Wildman–Crippen LogP) is 1.18. The number of hydrogen-bond acceptors (Lipinski definition) is 3. The van der Waals surface area contributed by atoms with Gasteiger partial charge in [0.1, 0.15) is 0 Å². The highest BCUT2D eigenvalue weighted by Gasteiger charge is 1.96. The Hall–Kier alpha value is -1.69. The van der Waals surface area contributed by atoms with E-state index < -0.39 is 0 Å². The molecule has 0 atom stereocenters. The fraction of sp³-hybridized carbons (Fsp3) is 0.125. The molecule has 0 bridgehead atoms. The molecule has 0 aliphatic rings. The van der Waals surface area contributed by atoms with Gasteiger partial charge in [-0.15, -0.1) is 0 Å². The summed E-state index contributed by atoms with van der Waals surface area (Å²) >= 11 is 0. The lowest BCUT2D eigenvalue weighted by atomic mass is 10.2. The molecule has 0 heterocycles. The van der Waals surface area contributed by atoms with Crippen molar-refractivity contribution in [1.29, 1.82) is 5.26 Å². The molecule has 1 aromatic carbocycles. The molecule has 0 amide bonds. The number of nitrogens with two attached hydrogens (primary N) is 1. The summed E-state index contributed by atoms with van der Waals surface area (Å²) in [6.07, 6.45) is 0. The van der Waals surface area contributed by atoms with Gasteiger partial charge in [-0.25, -0.2) is 0 Å². The van der Waals surface area contributed by atoms with Crippen molar-refractivity contribution in [3.8, 4) is 6.07 Å². The Bertz CT molecular complexity index is 299. The lowest BCUT2D eigenvalue weighted by Crippen LogP contribution is -1.95. The van der Waals surface area contributed by atoms with Crippen molar-refractivity contribution in [1.82, 2.24) is 0 Å². The molecule has 0 radical (unpaired) electrons. The van der Waals surface area contributed by atoms with Crippen molar-refractivity contribution in [2.75, 3.05) is 18.1 Å². The van der Waals surface area contributed by atoms with Crippen LogP contribution in [0.2, 0.25) is 0 Å². The number of hydrogen-bond donors (Lipinski definition) is 2. The van der Waals surface area contributed by atoms with Crippen molar-refractivity contribution in [3.05, 3.63) is 23.8 Å². The van der Waals surface area contributed by atoms with Gasteiger partial charge in [0.15, 0.2) is 0 Å². The Morgan fingerprint density at radius 3 is 2.82 bits per heavy atom. The number of nitrogens with zero attached hydrogens (tertiary/aromatic N) is 1. The van der Waals surface area contributed by atoms with Crippen LogP contribution < -0.4 is 11.1 Å². The normalized spacial score (nSPS) is 8.73. The maximum atomic E-state index is 8.53. The van der Waals surface area contributed by atoms with Crippen LogP contribution in [0.15, 0.2) is 18.2 Å². The standard InChI is InChI=1S/C8H9N3/c1-11-8-4-6(5-9)2-3-7(8)10/h2-4,11H,10H2,1H3. The van der Waals surface area contributed by atoms with Gasteiger partial charge in [0.2, 0.25) is 0 Å². The number of nitriles is 1. The van der Waals surface area contributed by atoms with Crippen LogP contribution >= 0.6 is 0 Å². The zero-order valence-corrected chi connectivity index (χ0v) is 6.26. The van der Waals surface area contributed by atoms with Gasteiger partial charge < -0.3 is 11.1 Å². The quantitative estimate of drug-likeness (QED) is 0.586. The van der Waals surface area contributed by atoms with Crippen LogP contribution in [0.1, 0.15) is 5.56 Å². The van der Waals surface area contributed by atoms with E-state index in [0.717, 1.165) is 5.69 Å². The SMILES string of the molecule is CNc1cc(C#N)ccc1N. The minimum atomic E-state index is 0.614. The van der Waals surface area contributed by atoms with Crippen LogP contribution in [0, 0.1) is 11.3 Å². The van der Waals surface area contributed by atoms with E-state index in [-0.39, 0.29) is 0 Å². The molecule has 1 aromatic rings. The van der Waals surface area contributed by atoms with Crippen LogP contribution in [0.3, 0.4) is 0 Å². The van der Waals surface area contributed by atoms with E-state index in [0.29, 0.717) is 11.3 Å². The summed E-state index contributed by atoms with van der Waals surface area (Å²) in [4.78, 5) is 0. The Labute approximate surface area is 65.4 Å².